The number of esters is 1. The van der Waals surface area contributed by atoms with Crippen molar-refractivity contribution in [2.45, 2.75) is 46.8 Å². The number of aryl methyl sites for hydroxylation is 1. The molecule has 0 radical (unpaired) electrons. The molecule has 3 aromatic heterocycles. The fourth-order valence-electron chi connectivity index (χ4n) is 3.61. The Labute approximate surface area is 201 Å². The van der Waals surface area contributed by atoms with Crippen LogP contribution in [0.15, 0.2) is 41.2 Å². The highest BCUT2D eigenvalue weighted by atomic mass is 16.6. The molecule has 0 spiro atoms. The number of carbonyl (C=O) groups is 2. The smallest absolute Gasteiger partial charge is 0.413 e. The van der Waals surface area contributed by atoms with Gasteiger partial charge in [0.2, 0.25) is 5.82 Å². The van der Waals surface area contributed by atoms with Crippen molar-refractivity contribution in [2.24, 2.45) is 0 Å². The molecule has 0 aliphatic rings. The second-order valence-corrected chi connectivity index (χ2v) is 8.57. The van der Waals surface area contributed by atoms with Gasteiger partial charge in [0.1, 0.15) is 16.7 Å². The third kappa shape index (κ3) is 4.84. The molecule has 0 aliphatic carbocycles. The third-order valence-corrected chi connectivity index (χ3v) is 4.95. The van der Waals surface area contributed by atoms with Crippen LogP contribution in [0, 0.1) is 0 Å². The zero-order valence-electron chi connectivity index (χ0n) is 20.2. The topological polar surface area (TPSA) is 134 Å². The molecule has 4 rings (SSSR count). The van der Waals surface area contributed by atoms with Crippen molar-refractivity contribution in [3.63, 3.8) is 0 Å². The summed E-state index contributed by atoms with van der Waals surface area (Å²) in [5, 5.41) is 10.3. The summed E-state index contributed by atoms with van der Waals surface area (Å²) in [6.45, 7) is 9.52. The number of anilines is 1. The number of carbonyl (C=O) groups excluding carboxylic acids is 2. The van der Waals surface area contributed by atoms with Crippen LogP contribution in [0.1, 0.15) is 45.0 Å². The Kier molecular flexibility index (Phi) is 6.50. The number of hydrogen-bond acceptors (Lipinski definition) is 9. The van der Waals surface area contributed by atoms with Gasteiger partial charge in [-0.1, -0.05) is 30.3 Å². The summed E-state index contributed by atoms with van der Waals surface area (Å²) < 4.78 is 17.3. The van der Waals surface area contributed by atoms with Crippen molar-refractivity contribution in [3.05, 3.63) is 42.1 Å². The van der Waals surface area contributed by atoms with E-state index in [4.69, 9.17) is 19.1 Å². The van der Waals surface area contributed by atoms with E-state index in [9.17, 15) is 9.59 Å². The first kappa shape index (κ1) is 23.9. The Balaban J connectivity index is 1.91. The van der Waals surface area contributed by atoms with E-state index in [1.807, 2.05) is 37.3 Å². The molecular weight excluding hydrogens is 452 g/mol. The van der Waals surface area contributed by atoms with Gasteiger partial charge >= 0.3 is 12.1 Å². The average molecular weight is 479 g/mol. The minimum Gasteiger partial charge on any atom is -0.462 e. The number of rotatable bonds is 6. The highest BCUT2D eigenvalue weighted by Crippen LogP contribution is 2.34. The lowest BCUT2D eigenvalue weighted by atomic mass is 10.1. The Hall–Kier alpha value is -4.28. The van der Waals surface area contributed by atoms with E-state index in [1.54, 1.807) is 32.3 Å². The van der Waals surface area contributed by atoms with E-state index >= 15 is 0 Å². The van der Waals surface area contributed by atoms with E-state index < -0.39 is 17.7 Å². The maximum Gasteiger partial charge on any atom is 0.413 e. The maximum atomic E-state index is 12.8. The number of pyridine rings is 1. The molecule has 11 nitrogen and oxygen atoms in total. The zero-order chi connectivity index (χ0) is 25.2. The van der Waals surface area contributed by atoms with Crippen LogP contribution in [-0.4, -0.2) is 49.1 Å². The largest absolute Gasteiger partial charge is 0.462 e. The molecule has 0 saturated carbocycles. The minimum atomic E-state index is -0.715. The van der Waals surface area contributed by atoms with Gasteiger partial charge in [0, 0.05) is 18.3 Å². The second-order valence-electron chi connectivity index (χ2n) is 8.57. The predicted molar refractivity (Wildman–Crippen MR) is 128 cm³/mol. The molecule has 0 aliphatic heterocycles. The number of fused-ring (bicyclic) bond motifs is 1. The number of nitrogens with zero attached hydrogens (tertiary/aromatic N) is 5. The molecule has 1 amide bonds. The summed E-state index contributed by atoms with van der Waals surface area (Å²) >= 11 is 0. The van der Waals surface area contributed by atoms with E-state index in [-0.39, 0.29) is 23.7 Å². The lowest BCUT2D eigenvalue weighted by Crippen LogP contribution is -2.27. The minimum absolute atomic E-state index is 0.0381. The first-order valence-corrected chi connectivity index (χ1v) is 11.2. The number of hydrogen-bond donors (Lipinski definition) is 1. The van der Waals surface area contributed by atoms with Gasteiger partial charge in [-0.05, 0) is 44.9 Å². The van der Waals surface area contributed by atoms with Crippen molar-refractivity contribution in [1.29, 1.82) is 0 Å². The summed E-state index contributed by atoms with van der Waals surface area (Å²) in [7, 11) is 0. The highest BCUT2D eigenvalue weighted by molar-refractivity contribution is 6.06. The van der Waals surface area contributed by atoms with Crippen molar-refractivity contribution < 1.29 is 23.7 Å². The molecule has 3 heterocycles. The van der Waals surface area contributed by atoms with Gasteiger partial charge in [-0.15, -0.1) is 0 Å². The van der Waals surface area contributed by atoms with E-state index in [1.165, 1.54) is 6.20 Å². The van der Waals surface area contributed by atoms with Crippen molar-refractivity contribution in [2.75, 3.05) is 11.9 Å². The third-order valence-electron chi connectivity index (χ3n) is 4.95. The second kappa shape index (κ2) is 9.53. The number of benzene rings is 1. The molecule has 182 valence electrons. The van der Waals surface area contributed by atoms with Crippen LogP contribution in [0.25, 0.3) is 33.8 Å². The Morgan fingerprint density at radius 1 is 1.09 bits per heavy atom. The average Bonchev–Trinajstić information content (AvgIpc) is 3.41. The molecular formula is C24H26N6O5. The predicted octanol–water partition coefficient (Wildman–Crippen LogP) is 4.69. The summed E-state index contributed by atoms with van der Waals surface area (Å²) in [5.41, 5.74) is 2.16. The lowest BCUT2D eigenvalue weighted by molar-refractivity contribution is 0.0527. The summed E-state index contributed by atoms with van der Waals surface area (Å²) in [6, 6.07) is 9.50. The lowest BCUT2D eigenvalue weighted by Gasteiger charge is -2.19. The van der Waals surface area contributed by atoms with Crippen molar-refractivity contribution >= 4 is 28.9 Å². The maximum absolute atomic E-state index is 12.8. The summed E-state index contributed by atoms with van der Waals surface area (Å²) in [4.78, 5) is 34.5. The summed E-state index contributed by atoms with van der Waals surface area (Å²) in [5.74, 6) is -0.141. The number of nitrogens with one attached hydrogen (secondary N) is 1. The van der Waals surface area contributed by atoms with Gasteiger partial charge in [0.05, 0.1) is 17.8 Å². The Morgan fingerprint density at radius 3 is 2.49 bits per heavy atom. The molecule has 0 atom stereocenters. The van der Waals surface area contributed by atoms with E-state index in [0.29, 0.717) is 29.1 Å². The van der Waals surface area contributed by atoms with Gasteiger partial charge in [0.25, 0.3) is 0 Å². The molecule has 0 saturated heterocycles. The van der Waals surface area contributed by atoms with Gasteiger partial charge in [-0.25, -0.2) is 19.2 Å². The first-order chi connectivity index (χ1) is 16.7. The van der Waals surface area contributed by atoms with Gasteiger partial charge in [-0.2, -0.15) is 0 Å². The molecule has 1 N–H and O–H groups in total. The zero-order valence-corrected chi connectivity index (χ0v) is 20.2. The normalized spacial score (nSPS) is 11.5. The van der Waals surface area contributed by atoms with Crippen LogP contribution in [0.2, 0.25) is 0 Å². The number of amides is 1. The number of aromatic nitrogens is 5. The molecule has 11 heteroatoms. The SMILES string of the molecule is CCOC(=O)c1cnc(-c2ccccc2)c2nc(-c3nonc3NC(=O)OC(C)(C)C)n(CC)c12. The van der Waals surface area contributed by atoms with Crippen molar-refractivity contribution in [3.8, 4) is 22.8 Å². The van der Waals surface area contributed by atoms with Crippen LogP contribution in [0.5, 0.6) is 0 Å². The van der Waals surface area contributed by atoms with E-state index in [0.717, 1.165) is 5.56 Å². The first-order valence-electron chi connectivity index (χ1n) is 11.2. The fourth-order valence-corrected chi connectivity index (χ4v) is 3.61. The van der Waals surface area contributed by atoms with Gasteiger partial charge < -0.3 is 14.0 Å². The van der Waals surface area contributed by atoms with Crippen LogP contribution in [-0.2, 0) is 16.0 Å². The van der Waals surface area contributed by atoms with Crippen LogP contribution >= 0.6 is 0 Å². The quantitative estimate of drug-likeness (QED) is 0.391. The number of ether oxygens (including phenoxy) is 2. The Morgan fingerprint density at radius 2 is 1.83 bits per heavy atom. The van der Waals surface area contributed by atoms with Gasteiger partial charge in [-0.3, -0.25) is 10.3 Å². The Bertz CT molecular complexity index is 1370. The van der Waals surface area contributed by atoms with Crippen LogP contribution in [0.4, 0.5) is 10.6 Å². The molecule has 0 fully saturated rings. The van der Waals surface area contributed by atoms with E-state index in [2.05, 4.69) is 20.6 Å². The standard InChI is InChI=1S/C24H26N6O5/c1-6-30-19-15(22(31)33-7-2)13-25-16(14-11-9-8-10-12-14)17(19)26-21(30)18-20(29-35-28-18)27-23(32)34-24(3,4)5/h8-13H,6-7H2,1-5H3,(H,27,29,32). The van der Waals surface area contributed by atoms with Crippen LogP contribution < -0.4 is 5.32 Å². The molecule has 0 bridgehead atoms. The monoisotopic (exact) mass is 478 g/mol. The molecule has 35 heavy (non-hydrogen) atoms. The summed E-state index contributed by atoms with van der Waals surface area (Å²) in [6.07, 6.45) is 0.772. The highest BCUT2D eigenvalue weighted by Gasteiger charge is 2.28. The molecule has 4 aromatic rings. The fraction of sp³-hybridized carbons (Fsp3) is 0.333. The molecule has 0 unspecified atom stereocenters. The van der Waals surface area contributed by atoms with Crippen LogP contribution in [0.3, 0.4) is 0 Å². The molecule has 1 aromatic carbocycles. The van der Waals surface area contributed by atoms with Crippen molar-refractivity contribution in [1.82, 2.24) is 24.8 Å². The number of imidazole rings is 1. The van der Waals surface area contributed by atoms with Gasteiger partial charge in [0.15, 0.2) is 11.5 Å².